The highest BCUT2D eigenvalue weighted by atomic mass is 32.1. The van der Waals surface area contributed by atoms with Crippen LogP contribution in [0.4, 0.5) is 5.69 Å². The highest BCUT2D eigenvalue weighted by Crippen LogP contribution is 2.17. The minimum atomic E-state index is 0.510. The maximum Gasteiger partial charge on any atom is 0.107 e. The zero-order valence-electron chi connectivity index (χ0n) is 12.3. The van der Waals surface area contributed by atoms with Gasteiger partial charge in [-0.3, -0.25) is 4.98 Å². The number of nitrogens with one attached hydrogen (secondary N) is 2. The summed E-state index contributed by atoms with van der Waals surface area (Å²) in [6.45, 7) is 9.06. The summed E-state index contributed by atoms with van der Waals surface area (Å²) in [4.78, 5) is 8.69. The molecule has 2 N–H and O–H groups in total. The lowest BCUT2D eigenvalue weighted by atomic mass is 10.2. The molecule has 0 radical (unpaired) electrons. The average molecular weight is 290 g/mol. The van der Waals surface area contributed by atoms with Crippen molar-refractivity contribution in [1.82, 2.24) is 15.3 Å². The van der Waals surface area contributed by atoms with Crippen LogP contribution in [0.1, 0.15) is 36.0 Å². The van der Waals surface area contributed by atoms with Crippen molar-refractivity contribution in [2.24, 2.45) is 0 Å². The van der Waals surface area contributed by atoms with E-state index in [9.17, 15) is 0 Å². The van der Waals surface area contributed by atoms with Crippen LogP contribution in [0.3, 0.4) is 0 Å². The first-order valence-corrected chi connectivity index (χ1v) is 7.84. The number of thiazole rings is 1. The molecule has 0 bridgehead atoms. The summed E-state index contributed by atoms with van der Waals surface area (Å²) >= 11 is 1.73. The second-order valence-corrected chi connectivity index (χ2v) is 6.06. The fourth-order valence-corrected chi connectivity index (χ4v) is 2.75. The van der Waals surface area contributed by atoms with Crippen molar-refractivity contribution in [3.8, 4) is 0 Å². The van der Waals surface area contributed by atoms with E-state index in [2.05, 4.69) is 46.8 Å². The topological polar surface area (TPSA) is 49.8 Å². The molecule has 0 saturated heterocycles. The zero-order chi connectivity index (χ0) is 14.4. The quantitative estimate of drug-likeness (QED) is 0.769. The van der Waals surface area contributed by atoms with Gasteiger partial charge in [-0.15, -0.1) is 11.3 Å². The Balaban J connectivity index is 1.68. The predicted molar refractivity (Wildman–Crippen MR) is 85.4 cm³/mol. The summed E-state index contributed by atoms with van der Waals surface area (Å²) in [5.74, 6) is 0.510. The SMILES string of the molecule is Cc1cnccc1NCCNCc1nc(C(C)C)cs1. The van der Waals surface area contributed by atoms with Gasteiger partial charge in [-0.25, -0.2) is 4.98 Å². The third-order valence-corrected chi connectivity index (χ3v) is 3.94. The predicted octanol–water partition coefficient (Wildman–Crippen LogP) is 3.17. The molecule has 20 heavy (non-hydrogen) atoms. The average Bonchev–Trinajstić information content (AvgIpc) is 2.89. The summed E-state index contributed by atoms with van der Waals surface area (Å²) in [6.07, 6.45) is 3.69. The van der Waals surface area contributed by atoms with E-state index in [0.717, 1.165) is 30.3 Å². The summed E-state index contributed by atoms with van der Waals surface area (Å²) < 4.78 is 0. The molecule has 0 aliphatic carbocycles. The first-order chi connectivity index (χ1) is 9.66. The van der Waals surface area contributed by atoms with Gasteiger partial charge < -0.3 is 10.6 Å². The smallest absolute Gasteiger partial charge is 0.107 e. The van der Waals surface area contributed by atoms with Gasteiger partial charge in [0, 0.05) is 43.1 Å². The van der Waals surface area contributed by atoms with Crippen LogP contribution in [0.15, 0.2) is 23.8 Å². The van der Waals surface area contributed by atoms with Crippen LogP contribution < -0.4 is 10.6 Å². The molecule has 4 nitrogen and oxygen atoms in total. The Labute approximate surface area is 124 Å². The van der Waals surface area contributed by atoms with Crippen LogP contribution in [0.2, 0.25) is 0 Å². The van der Waals surface area contributed by atoms with Crippen molar-refractivity contribution in [3.05, 3.63) is 40.1 Å². The number of aryl methyl sites for hydroxylation is 1. The third-order valence-electron chi connectivity index (χ3n) is 3.07. The molecule has 0 aromatic carbocycles. The van der Waals surface area contributed by atoms with E-state index in [0.29, 0.717) is 5.92 Å². The first kappa shape index (κ1) is 14.9. The lowest BCUT2D eigenvalue weighted by Crippen LogP contribution is -2.22. The maximum atomic E-state index is 4.61. The van der Waals surface area contributed by atoms with Gasteiger partial charge in [-0.05, 0) is 24.5 Å². The molecular formula is C15H22N4S. The summed E-state index contributed by atoms with van der Waals surface area (Å²) in [5, 5.41) is 10.1. The van der Waals surface area contributed by atoms with Gasteiger partial charge in [0.05, 0.1) is 5.69 Å². The summed E-state index contributed by atoms with van der Waals surface area (Å²) in [7, 11) is 0. The minimum Gasteiger partial charge on any atom is -0.383 e. The van der Waals surface area contributed by atoms with Gasteiger partial charge in [0.25, 0.3) is 0 Å². The van der Waals surface area contributed by atoms with Crippen LogP contribution in [-0.4, -0.2) is 23.1 Å². The lowest BCUT2D eigenvalue weighted by Gasteiger charge is -2.09. The van der Waals surface area contributed by atoms with E-state index < -0.39 is 0 Å². The van der Waals surface area contributed by atoms with Gasteiger partial charge in [0.1, 0.15) is 5.01 Å². The molecule has 0 spiro atoms. The lowest BCUT2D eigenvalue weighted by molar-refractivity contribution is 0.697. The molecule has 5 heteroatoms. The third kappa shape index (κ3) is 4.28. The van der Waals surface area contributed by atoms with Gasteiger partial charge >= 0.3 is 0 Å². The second-order valence-electron chi connectivity index (χ2n) is 5.11. The Morgan fingerprint density at radius 3 is 2.85 bits per heavy atom. The highest BCUT2D eigenvalue weighted by Gasteiger charge is 2.04. The van der Waals surface area contributed by atoms with E-state index in [1.807, 2.05) is 18.5 Å². The van der Waals surface area contributed by atoms with Crippen molar-refractivity contribution < 1.29 is 0 Å². The molecule has 0 amide bonds. The summed E-state index contributed by atoms with van der Waals surface area (Å²) in [6, 6.07) is 2.01. The van der Waals surface area contributed by atoms with Gasteiger partial charge in [-0.2, -0.15) is 0 Å². The Morgan fingerprint density at radius 1 is 1.30 bits per heavy atom. The monoisotopic (exact) mass is 290 g/mol. The van der Waals surface area contributed by atoms with Gasteiger partial charge in [0.2, 0.25) is 0 Å². The number of anilines is 1. The van der Waals surface area contributed by atoms with Crippen LogP contribution >= 0.6 is 11.3 Å². The molecule has 0 saturated carbocycles. The molecule has 0 atom stereocenters. The van der Waals surface area contributed by atoms with Crippen molar-refractivity contribution >= 4 is 17.0 Å². The Kier molecular flexibility index (Phi) is 5.49. The van der Waals surface area contributed by atoms with Crippen LogP contribution in [0.5, 0.6) is 0 Å². The maximum absolute atomic E-state index is 4.61. The second kappa shape index (κ2) is 7.36. The number of rotatable bonds is 7. The minimum absolute atomic E-state index is 0.510. The Hall–Kier alpha value is -1.46. The normalized spacial score (nSPS) is 11.0. The van der Waals surface area contributed by atoms with E-state index >= 15 is 0 Å². The fourth-order valence-electron chi connectivity index (χ4n) is 1.82. The largest absolute Gasteiger partial charge is 0.383 e. The molecule has 2 aromatic heterocycles. The Bertz CT molecular complexity index is 536. The number of hydrogen-bond donors (Lipinski definition) is 2. The van der Waals surface area contributed by atoms with E-state index in [4.69, 9.17) is 0 Å². The van der Waals surface area contributed by atoms with Crippen molar-refractivity contribution in [3.63, 3.8) is 0 Å². The molecule has 2 rings (SSSR count). The van der Waals surface area contributed by atoms with Crippen LogP contribution in [0, 0.1) is 6.92 Å². The number of pyridine rings is 1. The number of aromatic nitrogens is 2. The first-order valence-electron chi connectivity index (χ1n) is 6.96. The molecular weight excluding hydrogens is 268 g/mol. The standard InChI is InChI=1S/C15H22N4S/c1-11(2)14-10-20-15(19-14)9-17-6-7-18-13-4-5-16-8-12(13)3/h4-5,8,10-11,17H,6-7,9H2,1-3H3,(H,16,18). The molecule has 0 aliphatic rings. The number of hydrogen-bond acceptors (Lipinski definition) is 5. The summed E-state index contributed by atoms with van der Waals surface area (Å²) in [5.41, 5.74) is 3.52. The molecule has 0 aliphatic heterocycles. The molecule has 108 valence electrons. The molecule has 0 unspecified atom stereocenters. The number of nitrogens with zero attached hydrogens (tertiary/aromatic N) is 2. The van der Waals surface area contributed by atoms with Crippen molar-refractivity contribution in [2.45, 2.75) is 33.2 Å². The van der Waals surface area contributed by atoms with E-state index in [1.54, 1.807) is 11.3 Å². The highest BCUT2D eigenvalue weighted by molar-refractivity contribution is 7.09. The molecule has 2 heterocycles. The fraction of sp³-hybridized carbons (Fsp3) is 0.467. The molecule has 2 aromatic rings. The van der Waals surface area contributed by atoms with Crippen LogP contribution in [-0.2, 0) is 6.54 Å². The van der Waals surface area contributed by atoms with E-state index in [1.165, 1.54) is 11.3 Å². The van der Waals surface area contributed by atoms with Crippen LogP contribution in [0.25, 0.3) is 0 Å². The van der Waals surface area contributed by atoms with Crippen molar-refractivity contribution in [2.75, 3.05) is 18.4 Å². The molecule has 0 fully saturated rings. The Morgan fingerprint density at radius 2 is 2.15 bits per heavy atom. The van der Waals surface area contributed by atoms with E-state index in [-0.39, 0.29) is 0 Å². The van der Waals surface area contributed by atoms with Crippen molar-refractivity contribution in [1.29, 1.82) is 0 Å². The van der Waals surface area contributed by atoms with Gasteiger partial charge in [0.15, 0.2) is 0 Å². The van der Waals surface area contributed by atoms with Gasteiger partial charge in [-0.1, -0.05) is 13.8 Å². The zero-order valence-corrected chi connectivity index (χ0v) is 13.1.